The molecule has 2 atom stereocenters. The second-order valence-electron chi connectivity index (χ2n) is 5.34. The molecule has 4 nitrogen and oxygen atoms in total. The van der Waals surface area contributed by atoms with Gasteiger partial charge in [0.2, 0.25) is 5.91 Å². The van der Waals surface area contributed by atoms with Gasteiger partial charge in [-0.15, -0.1) is 0 Å². The molecule has 1 amide bonds. The number of carbonyl (C=O) groups is 1. The van der Waals surface area contributed by atoms with Crippen molar-refractivity contribution in [2.75, 3.05) is 25.0 Å². The SMILES string of the molecule is CC1CN(CC(=O)Nc2ccc(Cl)c(Cl)c2)CC(C)N1. The van der Waals surface area contributed by atoms with Gasteiger partial charge in [0.25, 0.3) is 0 Å². The summed E-state index contributed by atoms with van der Waals surface area (Å²) in [5.74, 6) is -0.0373. The normalized spacial score (nSPS) is 23.6. The molecule has 1 aliphatic heterocycles. The van der Waals surface area contributed by atoms with E-state index in [0.717, 1.165) is 13.1 Å². The molecule has 0 aromatic heterocycles. The Kier molecular flexibility index (Phi) is 5.27. The number of piperazine rings is 1. The van der Waals surface area contributed by atoms with Crippen LogP contribution in [0.3, 0.4) is 0 Å². The molecule has 2 unspecified atom stereocenters. The fourth-order valence-corrected chi connectivity index (χ4v) is 2.84. The minimum absolute atomic E-state index is 0.0373. The van der Waals surface area contributed by atoms with E-state index in [2.05, 4.69) is 29.4 Å². The second-order valence-corrected chi connectivity index (χ2v) is 6.15. The Morgan fingerprint density at radius 2 is 1.95 bits per heavy atom. The fourth-order valence-electron chi connectivity index (χ4n) is 2.55. The monoisotopic (exact) mass is 315 g/mol. The number of hydrogen-bond acceptors (Lipinski definition) is 3. The van der Waals surface area contributed by atoms with Crippen molar-refractivity contribution < 1.29 is 4.79 Å². The number of amides is 1. The first-order valence-corrected chi connectivity index (χ1v) is 7.43. The van der Waals surface area contributed by atoms with Crippen LogP contribution in [0.1, 0.15) is 13.8 Å². The minimum atomic E-state index is -0.0373. The molecule has 110 valence electrons. The lowest BCUT2D eigenvalue weighted by Crippen LogP contribution is -2.55. The van der Waals surface area contributed by atoms with Crippen LogP contribution in [0.5, 0.6) is 0 Å². The number of anilines is 1. The van der Waals surface area contributed by atoms with Gasteiger partial charge < -0.3 is 10.6 Å². The first-order chi connectivity index (χ1) is 9.44. The van der Waals surface area contributed by atoms with Crippen molar-refractivity contribution in [2.45, 2.75) is 25.9 Å². The summed E-state index contributed by atoms with van der Waals surface area (Å²) in [5.41, 5.74) is 0.667. The molecule has 6 heteroatoms. The van der Waals surface area contributed by atoms with Crippen LogP contribution < -0.4 is 10.6 Å². The lowest BCUT2D eigenvalue weighted by atomic mass is 10.1. The van der Waals surface area contributed by atoms with Crippen LogP contribution in [-0.4, -0.2) is 42.5 Å². The van der Waals surface area contributed by atoms with Gasteiger partial charge in [0.1, 0.15) is 0 Å². The van der Waals surface area contributed by atoms with Crippen LogP contribution in [0.25, 0.3) is 0 Å². The van der Waals surface area contributed by atoms with Crippen molar-refractivity contribution >= 4 is 34.8 Å². The van der Waals surface area contributed by atoms with E-state index in [1.54, 1.807) is 18.2 Å². The molecular weight excluding hydrogens is 297 g/mol. The van der Waals surface area contributed by atoms with Gasteiger partial charge in [-0.3, -0.25) is 9.69 Å². The van der Waals surface area contributed by atoms with Crippen LogP contribution in [0.15, 0.2) is 18.2 Å². The van der Waals surface area contributed by atoms with E-state index in [-0.39, 0.29) is 5.91 Å². The van der Waals surface area contributed by atoms with Crippen molar-refractivity contribution in [1.82, 2.24) is 10.2 Å². The maximum absolute atomic E-state index is 12.0. The standard InChI is InChI=1S/C14H19Cl2N3O/c1-9-6-19(7-10(2)17-9)8-14(20)18-11-3-4-12(15)13(16)5-11/h3-5,9-10,17H,6-8H2,1-2H3,(H,18,20). The minimum Gasteiger partial charge on any atom is -0.325 e. The quantitative estimate of drug-likeness (QED) is 0.901. The van der Waals surface area contributed by atoms with Gasteiger partial charge in [0.15, 0.2) is 0 Å². The molecule has 1 saturated heterocycles. The summed E-state index contributed by atoms with van der Waals surface area (Å²) >= 11 is 11.8. The van der Waals surface area contributed by atoms with Crippen LogP contribution >= 0.6 is 23.2 Å². The van der Waals surface area contributed by atoms with Crippen LogP contribution in [-0.2, 0) is 4.79 Å². The number of nitrogens with one attached hydrogen (secondary N) is 2. The topological polar surface area (TPSA) is 44.4 Å². The van der Waals surface area contributed by atoms with Crippen molar-refractivity contribution in [3.63, 3.8) is 0 Å². The summed E-state index contributed by atoms with van der Waals surface area (Å²) in [4.78, 5) is 14.2. The van der Waals surface area contributed by atoms with Gasteiger partial charge in [0, 0.05) is 30.9 Å². The number of halogens is 2. The summed E-state index contributed by atoms with van der Waals surface area (Å²) in [6.45, 7) is 6.38. The van der Waals surface area contributed by atoms with Crippen molar-refractivity contribution in [3.05, 3.63) is 28.2 Å². The molecule has 1 aromatic carbocycles. The summed E-state index contributed by atoms with van der Waals surface area (Å²) in [5, 5.41) is 7.20. The molecule has 0 radical (unpaired) electrons. The molecule has 1 fully saturated rings. The average molecular weight is 316 g/mol. The van der Waals surface area contributed by atoms with E-state index in [1.807, 2.05) is 0 Å². The van der Waals surface area contributed by atoms with Gasteiger partial charge in [-0.05, 0) is 32.0 Å². The van der Waals surface area contributed by atoms with Gasteiger partial charge in [-0.1, -0.05) is 23.2 Å². The van der Waals surface area contributed by atoms with E-state index in [0.29, 0.717) is 34.4 Å². The van der Waals surface area contributed by atoms with E-state index >= 15 is 0 Å². The van der Waals surface area contributed by atoms with E-state index in [4.69, 9.17) is 23.2 Å². The zero-order valence-electron chi connectivity index (χ0n) is 11.6. The highest BCUT2D eigenvalue weighted by atomic mass is 35.5. The Hall–Kier alpha value is -0.810. The number of carbonyl (C=O) groups excluding carboxylic acids is 1. The smallest absolute Gasteiger partial charge is 0.238 e. The highest BCUT2D eigenvalue weighted by Gasteiger charge is 2.22. The Morgan fingerprint density at radius 3 is 2.55 bits per heavy atom. The predicted octanol–water partition coefficient (Wildman–Crippen LogP) is 2.61. The number of hydrogen-bond donors (Lipinski definition) is 2. The van der Waals surface area contributed by atoms with Crippen molar-refractivity contribution in [2.24, 2.45) is 0 Å². The van der Waals surface area contributed by atoms with Crippen LogP contribution in [0, 0.1) is 0 Å². The molecule has 1 aliphatic rings. The molecule has 0 spiro atoms. The molecule has 1 aromatic rings. The highest BCUT2D eigenvalue weighted by Crippen LogP contribution is 2.24. The van der Waals surface area contributed by atoms with E-state index in [9.17, 15) is 4.79 Å². The van der Waals surface area contributed by atoms with Crippen molar-refractivity contribution in [3.8, 4) is 0 Å². The first kappa shape index (κ1) is 15.6. The Balaban J connectivity index is 1.90. The number of benzene rings is 1. The fraction of sp³-hybridized carbons (Fsp3) is 0.500. The Labute approximate surface area is 129 Å². The zero-order chi connectivity index (χ0) is 14.7. The largest absolute Gasteiger partial charge is 0.325 e. The summed E-state index contributed by atoms with van der Waals surface area (Å²) in [6.07, 6.45) is 0. The predicted molar refractivity (Wildman–Crippen MR) is 83.6 cm³/mol. The van der Waals surface area contributed by atoms with Crippen LogP contribution in [0.4, 0.5) is 5.69 Å². The van der Waals surface area contributed by atoms with Crippen LogP contribution in [0.2, 0.25) is 10.0 Å². The maximum Gasteiger partial charge on any atom is 0.238 e. The number of rotatable bonds is 3. The van der Waals surface area contributed by atoms with Gasteiger partial charge in [0.05, 0.1) is 16.6 Å². The van der Waals surface area contributed by atoms with E-state index < -0.39 is 0 Å². The average Bonchev–Trinajstić information content (AvgIpc) is 2.32. The third kappa shape index (κ3) is 4.35. The molecule has 0 saturated carbocycles. The molecular formula is C14H19Cl2N3O. The Morgan fingerprint density at radius 1 is 1.30 bits per heavy atom. The summed E-state index contributed by atoms with van der Waals surface area (Å²) in [7, 11) is 0. The summed E-state index contributed by atoms with van der Waals surface area (Å²) in [6, 6.07) is 5.88. The zero-order valence-corrected chi connectivity index (χ0v) is 13.1. The lowest BCUT2D eigenvalue weighted by molar-refractivity contribution is -0.117. The van der Waals surface area contributed by atoms with Gasteiger partial charge in [-0.2, -0.15) is 0 Å². The van der Waals surface area contributed by atoms with Crippen molar-refractivity contribution in [1.29, 1.82) is 0 Å². The lowest BCUT2D eigenvalue weighted by Gasteiger charge is -2.35. The molecule has 2 N–H and O–H groups in total. The molecule has 1 heterocycles. The number of nitrogens with zero attached hydrogens (tertiary/aromatic N) is 1. The van der Waals surface area contributed by atoms with E-state index in [1.165, 1.54) is 0 Å². The second kappa shape index (κ2) is 6.76. The third-order valence-electron chi connectivity index (χ3n) is 3.20. The molecule has 0 aliphatic carbocycles. The first-order valence-electron chi connectivity index (χ1n) is 6.67. The van der Waals surface area contributed by atoms with Gasteiger partial charge >= 0.3 is 0 Å². The highest BCUT2D eigenvalue weighted by molar-refractivity contribution is 6.42. The third-order valence-corrected chi connectivity index (χ3v) is 3.94. The molecule has 2 rings (SSSR count). The maximum atomic E-state index is 12.0. The summed E-state index contributed by atoms with van der Waals surface area (Å²) < 4.78 is 0. The Bertz CT molecular complexity index is 485. The molecule has 20 heavy (non-hydrogen) atoms. The molecule has 0 bridgehead atoms. The van der Waals surface area contributed by atoms with Gasteiger partial charge in [-0.25, -0.2) is 0 Å².